The van der Waals surface area contributed by atoms with Crippen LogP contribution in [0.3, 0.4) is 0 Å². The fourth-order valence-corrected chi connectivity index (χ4v) is 5.27. The lowest BCUT2D eigenvalue weighted by Gasteiger charge is -2.27. The average Bonchev–Trinajstić information content (AvgIpc) is 3.16. The number of hydrogen-bond donors (Lipinski definition) is 2. The summed E-state index contributed by atoms with van der Waals surface area (Å²) in [5.41, 5.74) is 1.88. The summed E-state index contributed by atoms with van der Waals surface area (Å²) in [6.45, 7) is 5.45. The third kappa shape index (κ3) is 4.18. The molecule has 2 aliphatic rings. The van der Waals surface area contributed by atoms with E-state index in [1.165, 1.54) is 11.1 Å². The van der Waals surface area contributed by atoms with Gasteiger partial charge in [-0.1, -0.05) is 31.2 Å². The Balaban J connectivity index is 1.31. The fraction of sp³-hybridized carbons (Fsp3) is 0.500. The Hall–Kier alpha value is -2.04. The molecule has 0 aromatic heterocycles. The first-order valence-corrected chi connectivity index (χ1v) is 10.3. The highest BCUT2D eigenvalue weighted by Gasteiger charge is 2.48. The van der Waals surface area contributed by atoms with Crippen LogP contribution in [0.15, 0.2) is 48.5 Å². The van der Waals surface area contributed by atoms with Gasteiger partial charge in [0, 0.05) is 26.1 Å². The molecule has 1 heterocycles. The van der Waals surface area contributed by atoms with Crippen molar-refractivity contribution < 1.29 is 14.9 Å². The number of rotatable bonds is 6. The highest BCUT2D eigenvalue weighted by atomic mass is 16.5. The van der Waals surface area contributed by atoms with Crippen molar-refractivity contribution in [2.24, 2.45) is 11.8 Å². The van der Waals surface area contributed by atoms with Gasteiger partial charge < -0.3 is 19.8 Å². The van der Waals surface area contributed by atoms with Gasteiger partial charge in [0.2, 0.25) is 0 Å². The highest BCUT2D eigenvalue weighted by molar-refractivity contribution is 5.29. The smallest absolute Gasteiger partial charge is 0.118 e. The summed E-state index contributed by atoms with van der Waals surface area (Å²) in [4.78, 5) is 2.56. The van der Waals surface area contributed by atoms with Gasteiger partial charge in [0.05, 0.1) is 12.7 Å². The zero-order chi connectivity index (χ0) is 19.7. The number of likely N-dealkylation sites (tertiary alicyclic amines) is 1. The quantitative estimate of drug-likeness (QED) is 0.799. The van der Waals surface area contributed by atoms with Crippen LogP contribution < -0.4 is 4.74 Å². The van der Waals surface area contributed by atoms with E-state index in [0.29, 0.717) is 23.5 Å². The van der Waals surface area contributed by atoms with E-state index >= 15 is 0 Å². The second kappa shape index (κ2) is 7.76. The Bertz CT molecular complexity index is 773. The summed E-state index contributed by atoms with van der Waals surface area (Å²) in [5, 5.41) is 20.6. The van der Waals surface area contributed by atoms with E-state index in [9.17, 15) is 10.2 Å². The summed E-state index contributed by atoms with van der Waals surface area (Å²) < 4.78 is 5.23. The molecule has 1 saturated carbocycles. The maximum atomic E-state index is 11.2. The van der Waals surface area contributed by atoms with Gasteiger partial charge in [-0.2, -0.15) is 0 Å². The normalized spacial score (nSPS) is 28.2. The van der Waals surface area contributed by atoms with Crippen molar-refractivity contribution >= 4 is 0 Å². The van der Waals surface area contributed by atoms with Gasteiger partial charge in [-0.05, 0) is 66.0 Å². The van der Waals surface area contributed by atoms with E-state index in [4.69, 9.17) is 4.74 Å². The molecule has 28 heavy (non-hydrogen) atoms. The molecule has 4 heteroatoms. The molecule has 2 fully saturated rings. The standard InChI is InChI=1S/C24H31NO3/c1-17(19-5-7-22(26)8-6-19)14-25-15-20-12-24(27,13-21(20)16-25)11-18-3-9-23(28-2)10-4-18/h3-10,17,20-21,26-27H,11-16H2,1-2H3/t17?,20-,21+,24-. The van der Waals surface area contributed by atoms with Crippen LogP contribution in [0, 0.1) is 11.8 Å². The molecule has 4 rings (SSSR count). The van der Waals surface area contributed by atoms with Gasteiger partial charge in [0.25, 0.3) is 0 Å². The second-order valence-electron chi connectivity index (χ2n) is 8.89. The van der Waals surface area contributed by atoms with Gasteiger partial charge in [-0.15, -0.1) is 0 Å². The van der Waals surface area contributed by atoms with E-state index < -0.39 is 5.60 Å². The Labute approximate surface area is 167 Å². The third-order valence-electron chi connectivity index (χ3n) is 6.62. The number of phenols is 1. The maximum Gasteiger partial charge on any atom is 0.118 e. The zero-order valence-electron chi connectivity index (χ0n) is 16.8. The van der Waals surface area contributed by atoms with Crippen molar-refractivity contribution in [3.8, 4) is 11.5 Å². The molecule has 1 unspecified atom stereocenters. The topological polar surface area (TPSA) is 52.9 Å². The minimum absolute atomic E-state index is 0.322. The Morgan fingerprint density at radius 2 is 1.64 bits per heavy atom. The first-order chi connectivity index (χ1) is 13.4. The molecular formula is C24H31NO3. The van der Waals surface area contributed by atoms with Crippen molar-refractivity contribution in [3.05, 3.63) is 59.7 Å². The number of aliphatic hydroxyl groups is 1. The van der Waals surface area contributed by atoms with Crippen LogP contribution in [0.5, 0.6) is 11.5 Å². The van der Waals surface area contributed by atoms with Crippen LogP contribution in [0.4, 0.5) is 0 Å². The lowest BCUT2D eigenvalue weighted by molar-refractivity contribution is 0.0353. The maximum absolute atomic E-state index is 11.2. The number of nitrogens with zero attached hydrogens (tertiary/aromatic N) is 1. The molecule has 1 aliphatic heterocycles. The number of hydrogen-bond acceptors (Lipinski definition) is 4. The van der Waals surface area contributed by atoms with Crippen LogP contribution in [-0.4, -0.2) is 47.5 Å². The molecule has 2 aromatic carbocycles. The predicted molar refractivity (Wildman–Crippen MR) is 111 cm³/mol. The second-order valence-corrected chi connectivity index (χ2v) is 8.89. The Kier molecular flexibility index (Phi) is 5.35. The third-order valence-corrected chi connectivity index (χ3v) is 6.62. The Morgan fingerprint density at radius 1 is 1.04 bits per heavy atom. The van der Waals surface area contributed by atoms with Crippen LogP contribution in [0.2, 0.25) is 0 Å². The molecule has 2 N–H and O–H groups in total. The van der Waals surface area contributed by atoms with Crippen LogP contribution in [-0.2, 0) is 6.42 Å². The lowest BCUT2D eigenvalue weighted by Crippen LogP contribution is -2.33. The van der Waals surface area contributed by atoms with Crippen LogP contribution >= 0.6 is 0 Å². The summed E-state index contributed by atoms with van der Waals surface area (Å²) in [7, 11) is 1.68. The first-order valence-electron chi connectivity index (χ1n) is 10.3. The summed E-state index contributed by atoms with van der Waals surface area (Å²) >= 11 is 0. The highest BCUT2D eigenvalue weighted by Crippen LogP contribution is 2.45. The summed E-state index contributed by atoms with van der Waals surface area (Å²) in [5.74, 6) is 2.81. The van der Waals surface area contributed by atoms with E-state index in [1.54, 1.807) is 19.2 Å². The summed E-state index contributed by atoms with van der Waals surface area (Å²) in [6.07, 6.45) is 2.52. The Morgan fingerprint density at radius 3 is 2.21 bits per heavy atom. The molecule has 2 aromatic rings. The molecule has 1 saturated heterocycles. The van der Waals surface area contributed by atoms with Crippen molar-refractivity contribution in [2.45, 2.75) is 37.7 Å². The molecule has 0 spiro atoms. The molecule has 1 aliphatic carbocycles. The minimum atomic E-state index is -0.571. The number of fused-ring (bicyclic) bond motifs is 1. The van der Waals surface area contributed by atoms with E-state index in [1.807, 2.05) is 24.3 Å². The molecule has 4 atom stereocenters. The molecule has 0 bridgehead atoms. The first kappa shape index (κ1) is 19.3. The van der Waals surface area contributed by atoms with Crippen LogP contribution in [0.25, 0.3) is 0 Å². The number of methoxy groups -OCH3 is 1. The number of aromatic hydroxyl groups is 1. The minimum Gasteiger partial charge on any atom is -0.508 e. The number of ether oxygens (including phenoxy) is 1. The van der Waals surface area contributed by atoms with E-state index in [0.717, 1.165) is 44.6 Å². The number of benzene rings is 2. The zero-order valence-corrected chi connectivity index (χ0v) is 16.8. The van der Waals surface area contributed by atoms with E-state index in [2.05, 4.69) is 24.0 Å². The number of phenolic OH excluding ortho intramolecular Hbond substituents is 1. The molecular weight excluding hydrogens is 350 g/mol. The van der Waals surface area contributed by atoms with Gasteiger partial charge >= 0.3 is 0 Å². The molecule has 0 radical (unpaired) electrons. The van der Waals surface area contributed by atoms with Gasteiger partial charge in [-0.3, -0.25) is 0 Å². The largest absolute Gasteiger partial charge is 0.508 e. The van der Waals surface area contributed by atoms with Crippen molar-refractivity contribution in [1.82, 2.24) is 4.90 Å². The van der Waals surface area contributed by atoms with Crippen molar-refractivity contribution in [1.29, 1.82) is 0 Å². The monoisotopic (exact) mass is 381 g/mol. The average molecular weight is 382 g/mol. The molecule has 0 amide bonds. The van der Waals surface area contributed by atoms with Crippen molar-refractivity contribution in [3.63, 3.8) is 0 Å². The molecule has 4 nitrogen and oxygen atoms in total. The van der Waals surface area contributed by atoms with Gasteiger partial charge in [0.1, 0.15) is 11.5 Å². The van der Waals surface area contributed by atoms with Crippen LogP contribution in [0.1, 0.15) is 36.8 Å². The van der Waals surface area contributed by atoms with Gasteiger partial charge in [0.15, 0.2) is 0 Å². The van der Waals surface area contributed by atoms with Gasteiger partial charge in [-0.25, -0.2) is 0 Å². The summed E-state index contributed by atoms with van der Waals surface area (Å²) in [6, 6.07) is 15.7. The SMILES string of the molecule is COc1ccc(C[C@]2(O)C[C@H]3CN(CC(C)c4ccc(O)cc4)C[C@H]3C2)cc1. The van der Waals surface area contributed by atoms with E-state index in [-0.39, 0.29) is 0 Å². The predicted octanol–water partition coefficient (Wildman–Crippen LogP) is 3.82. The molecule has 150 valence electrons. The fourth-order valence-electron chi connectivity index (χ4n) is 5.27. The van der Waals surface area contributed by atoms with Crippen molar-refractivity contribution in [2.75, 3.05) is 26.7 Å². The lowest BCUT2D eigenvalue weighted by atomic mass is 9.91.